The minimum Gasteiger partial charge on any atom is -0.396 e. The van der Waals surface area contributed by atoms with E-state index in [0.29, 0.717) is 42.6 Å². The number of aliphatic hydroxyl groups excluding tert-OH is 1. The summed E-state index contributed by atoms with van der Waals surface area (Å²) in [6.45, 7) is 1.26. The fourth-order valence-corrected chi connectivity index (χ4v) is 4.69. The Kier molecular flexibility index (Phi) is 4.58. The highest BCUT2D eigenvalue weighted by atomic mass is 19.1. The van der Waals surface area contributed by atoms with Crippen LogP contribution in [0.15, 0.2) is 36.4 Å². The minimum absolute atomic E-state index is 0.0242. The third kappa shape index (κ3) is 3.08. The predicted molar refractivity (Wildman–Crippen MR) is 106 cm³/mol. The van der Waals surface area contributed by atoms with E-state index in [2.05, 4.69) is 4.98 Å². The molecular formula is C23H21F3N2O2. The zero-order valence-electron chi connectivity index (χ0n) is 16.2. The van der Waals surface area contributed by atoms with Gasteiger partial charge in [-0.15, -0.1) is 0 Å². The largest absolute Gasteiger partial charge is 0.396 e. The van der Waals surface area contributed by atoms with Crippen LogP contribution >= 0.6 is 0 Å². The number of nitrogens with zero attached hydrogens (tertiary/aromatic N) is 1. The van der Waals surface area contributed by atoms with Crippen LogP contribution in [0.4, 0.5) is 13.2 Å². The molecule has 30 heavy (non-hydrogen) atoms. The number of carbonyl (C=O) groups excluding carboxylic acids is 1. The van der Waals surface area contributed by atoms with Gasteiger partial charge in [-0.3, -0.25) is 4.79 Å². The zero-order valence-corrected chi connectivity index (χ0v) is 16.2. The Balaban J connectivity index is 1.47. The lowest BCUT2D eigenvalue weighted by molar-refractivity contribution is -0.146. The molecule has 2 heterocycles. The molecule has 1 amide bonds. The van der Waals surface area contributed by atoms with Crippen LogP contribution in [0.3, 0.4) is 0 Å². The van der Waals surface area contributed by atoms with Crippen LogP contribution in [0.1, 0.15) is 24.3 Å². The van der Waals surface area contributed by atoms with Crippen LogP contribution in [0.25, 0.3) is 22.2 Å². The second-order valence-electron chi connectivity index (χ2n) is 8.39. The third-order valence-corrected chi connectivity index (χ3v) is 6.42. The Morgan fingerprint density at radius 3 is 2.43 bits per heavy atom. The van der Waals surface area contributed by atoms with Gasteiger partial charge in [0.1, 0.15) is 17.5 Å². The van der Waals surface area contributed by atoms with Crippen molar-refractivity contribution in [2.45, 2.75) is 18.8 Å². The Morgan fingerprint density at radius 2 is 1.77 bits per heavy atom. The van der Waals surface area contributed by atoms with Gasteiger partial charge in [-0.2, -0.15) is 0 Å². The third-order valence-electron chi connectivity index (χ3n) is 6.42. The smallest absolute Gasteiger partial charge is 0.225 e. The molecular weight excluding hydrogens is 393 g/mol. The lowest BCUT2D eigenvalue weighted by Gasteiger charge is -2.44. The summed E-state index contributed by atoms with van der Waals surface area (Å²) in [5.74, 6) is -1.62. The van der Waals surface area contributed by atoms with Crippen molar-refractivity contribution < 1.29 is 23.1 Å². The molecule has 4 nitrogen and oxygen atoms in total. The van der Waals surface area contributed by atoms with E-state index in [0.717, 1.165) is 11.6 Å². The van der Waals surface area contributed by atoms with Crippen molar-refractivity contribution in [3.05, 3.63) is 59.4 Å². The van der Waals surface area contributed by atoms with Gasteiger partial charge in [-0.05, 0) is 60.2 Å². The average molecular weight is 414 g/mol. The van der Waals surface area contributed by atoms with E-state index in [1.54, 1.807) is 17.0 Å². The number of likely N-dealkylation sites (tertiary alicyclic amines) is 1. The quantitative estimate of drug-likeness (QED) is 0.673. The van der Waals surface area contributed by atoms with E-state index in [1.165, 1.54) is 18.2 Å². The van der Waals surface area contributed by atoms with Crippen LogP contribution in [0.5, 0.6) is 0 Å². The number of H-pyrrole nitrogens is 1. The maximum Gasteiger partial charge on any atom is 0.225 e. The number of carbonyl (C=O) groups is 1. The number of aromatic amines is 1. The number of nitrogens with one attached hydrogen (secondary N) is 1. The van der Waals surface area contributed by atoms with E-state index in [-0.39, 0.29) is 41.6 Å². The van der Waals surface area contributed by atoms with Crippen molar-refractivity contribution in [2.24, 2.45) is 11.8 Å². The Bertz CT molecular complexity index is 1110. The molecule has 1 saturated carbocycles. The van der Waals surface area contributed by atoms with Gasteiger partial charge in [0.05, 0.1) is 11.2 Å². The molecule has 0 bridgehead atoms. The lowest BCUT2D eigenvalue weighted by Crippen LogP contribution is -2.54. The van der Waals surface area contributed by atoms with Gasteiger partial charge < -0.3 is 15.0 Å². The van der Waals surface area contributed by atoms with Crippen molar-refractivity contribution in [3.8, 4) is 11.3 Å². The highest BCUT2D eigenvalue weighted by molar-refractivity contribution is 5.92. The molecule has 1 aliphatic heterocycles. The zero-order chi connectivity index (χ0) is 21.0. The summed E-state index contributed by atoms with van der Waals surface area (Å²) in [7, 11) is 0. The van der Waals surface area contributed by atoms with E-state index < -0.39 is 11.6 Å². The van der Waals surface area contributed by atoms with E-state index in [9.17, 15) is 18.0 Å². The molecule has 2 N–H and O–H groups in total. The fraction of sp³-hybridized carbons (Fsp3) is 0.348. The first-order valence-corrected chi connectivity index (χ1v) is 10.1. The summed E-state index contributed by atoms with van der Waals surface area (Å²) in [4.78, 5) is 17.4. The number of aromatic nitrogens is 1. The number of amides is 1. The molecule has 0 unspecified atom stereocenters. The van der Waals surface area contributed by atoms with E-state index >= 15 is 0 Å². The maximum absolute atomic E-state index is 14.4. The van der Waals surface area contributed by atoms with Crippen molar-refractivity contribution in [1.29, 1.82) is 0 Å². The number of benzene rings is 2. The van der Waals surface area contributed by atoms with Gasteiger partial charge in [0.15, 0.2) is 0 Å². The molecule has 2 aromatic carbocycles. The van der Waals surface area contributed by atoms with Crippen molar-refractivity contribution in [3.63, 3.8) is 0 Å². The molecule has 7 heteroatoms. The minimum atomic E-state index is -0.679. The molecule has 0 spiro atoms. The Hall–Kier alpha value is -2.80. The lowest BCUT2D eigenvalue weighted by atomic mass is 9.69. The summed E-state index contributed by atoms with van der Waals surface area (Å²) in [5.41, 5.74) is 2.31. The van der Waals surface area contributed by atoms with Crippen molar-refractivity contribution in [1.82, 2.24) is 9.88 Å². The van der Waals surface area contributed by atoms with Crippen LogP contribution in [-0.2, 0) is 4.79 Å². The summed E-state index contributed by atoms with van der Waals surface area (Å²) in [6.07, 6.45) is 1.19. The highest BCUT2D eigenvalue weighted by Gasteiger charge is 2.42. The molecule has 1 saturated heterocycles. The van der Waals surface area contributed by atoms with Gasteiger partial charge in [0, 0.05) is 43.0 Å². The van der Waals surface area contributed by atoms with Gasteiger partial charge in [-0.25, -0.2) is 13.2 Å². The first-order chi connectivity index (χ1) is 14.4. The maximum atomic E-state index is 14.4. The van der Waals surface area contributed by atoms with E-state index in [1.807, 2.05) is 0 Å². The summed E-state index contributed by atoms with van der Waals surface area (Å²) in [5, 5.41) is 9.60. The first-order valence-electron chi connectivity index (χ1n) is 10.1. The second-order valence-corrected chi connectivity index (χ2v) is 8.39. The predicted octanol–water partition coefficient (Wildman–Crippen LogP) is 4.20. The van der Waals surface area contributed by atoms with Crippen molar-refractivity contribution >= 4 is 16.8 Å². The van der Waals surface area contributed by atoms with Gasteiger partial charge in [0.25, 0.3) is 0 Å². The second kappa shape index (κ2) is 7.16. The van der Waals surface area contributed by atoms with Crippen LogP contribution in [0.2, 0.25) is 0 Å². The van der Waals surface area contributed by atoms with Gasteiger partial charge >= 0.3 is 0 Å². The molecule has 2 aliphatic rings. The molecule has 3 aromatic rings. The summed E-state index contributed by atoms with van der Waals surface area (Å²) >= 11 is 0. The fourth-order valence-electron chi connectivity index (χ4n) is 4.69. The van der Waals surface area contributed by atoms with Crippen LogP contribution in [-0.4, -0.2) is 40.6 Å². The number of aliphatic hydroxyl groups is 1. The number of hydrogen-bond donors (Lipinski definition) is 2. The monoisotopic (exact) mass is 414 g/mol. The van der Waals surface area contributed by atoms with Crippen LogP contribution in [0, 0.1) is 29.3 Å². The molecule has 156 valence electrons. The highest BCUT2D eigenvalue weighted by Crippen LogP contribution is 2.49. The molecule has 2 fully saturated rings. The molecule has 5 rings (SSSR count). The van der Waals surface area contributed by atoms with Gasteiger partial charge in [0.2, 0.25) is 5.91 Å². The standard InChI is InChI=1S/C23H21F3N2O2/c24-16-3-1-13(2-4-16)21-20(18-7-17(25)8-19(26)22(18)27-21)14-5-15(6-14)23(30)28-9-12(10-28)11-29/h1-4,7-8,12,14-15,27,29H,5-6,9-11H2. The number of fused-ring (bicyclic) bond motifs is 1. The van der Waals surface area contributed by atoms with Crippen LogP contribution < -0.4 is 0 Å². The first kappa shape index (κ1) is 19.2. The summed E-state index contributed by atoms with van der Waals surface area (Å²) < 4.78 is 41.8. The SMILES string of the molecule is O=C(C1CC(c2c(-c3ccc(F)cc3)[nH]c3c(F)cc(F)cc23)C1)N1CC(CO)C1. The normalized spacial score (nSPS) is 21.5. The van der Waals surface area contributed by atoms with E-state index in [4.69, 9.17) is 5.11 Å². The Morgan fingerprint density at radius 1 is 1.07 bits per heavy atom. The number of hydrogen-bond acceptors (Lipinski definition) is 2. The van der Waals surface area contributed by atoms with Gasteiger partial charge in [-0.1, -0.05) is 0 Å². The molecule has 1 aromatic heterocycles. The Labute approximate surface area is 171 Å². The van der Waals surface area contributed by atoms with Crippen molar-refractivity contribution in [2.75, 3.05) is 19.7 Å². The molecule has 1 aliphatic carbocycles. The molecule has 0 radical (unpaired) electrons. The topological polar surface area (TPSA) is 56.3 Å². The average Bonchev–Trinajstić information content (AvgIpc) is 3.00. The number of rotatable bonds is 4. The molecule has 0 atom stereocenters. The summed E-state index contributed by atoms with van der Waals surface area (Å²) in [6, 6.07) is 8.02. The number of halogens is 3.